The van der Waals surface area contributed by atoms with Crippen molar-refractivity contribution in [2.75, 3.05) is 34.8 Å². The van der Waals surface area contributed by atoms with Gasteiger partial charge >= 0.3 is 5.97 Å². The molecule has 0 saturated heterocycles. The van der Waals surface area contributed by atoms with Crippen molar-refractivity contribution in [2.45, 2.75) is 12.5 Å². The predicted octanol–water partition coefficient (Wildman–Crippen LogP) is 1.07. The molecule has 1 aromatic heterocycles. The molecule has 1 atom stereocenters. The van der Waals surface area contributed by atoms with Crippen molar-refractivity contribution in [1.29, 1.82) is 0 Å². The Hall–Kier alpha value is -2.34. The van der Waals surface area contributed by atoms with Crippen molar-refractivity contribution in [1.82, 2.24) is 10.3 Å². The van der Waals surface area contributed by atoms with Gasteiger partial charge in [-0.2, -0.15) is 0 Å². The Labute approximate surface area is 136 Å². The van der Waals surface area contributed by atoms with Crippen molar-refractivity contribution in [2.24, 2.45) is 0 Å². The number of aromatic amines is 1. The van der Waals surface area contributed by atoms with E-state index in [0.29, 0.717) is 17.4 Å². The van der Waals surface area contributed by atoms with Gasteiger partial charge in [0.05, 0.1) is 28.3 Å². The Morgan fingerprint density at radius 3 is 2.61 bits per heavy atom. The van der Waals surface area contributed by atoms with E-state index >= 15 is 0 Å². The third kappa shape index (κ3) is 4.56. The van der Waals surface area contributed by atoms with E-state index in [9.17, 15) is 9.59 Å². The molecule has 2 rings (SSSR count). The smallest absolute Gasteiger partial charge is 0.328 e. The van der Waals surface area contributed by atoms with Crippen LogP contribution < -0.4 is 5.32 Å². The molecule has 6 heteroatoms. The van der Waals surface area contributed by atoms with Gasteiger partial charge in [-0.3, -0.25) is 4.79 Å². The number of quaternary nitrogens is 1. The lowest BCUT2D eigenvalue weighted by atomic mass is 10.0. The molecule has 1 aromatic carbocycles. The molecule has 0 aliphatic carbocycles. The number of benzene rings is 1. The lowest BCUT2D eigenvalue weighted by Gasteiger charge is -2.24. The van der Waals surface area contributed by atoms with Gasteiger partial charge in [0.2, 0.25) is 0 Å². The molecule has 23 heavy (non-hydrogen) atoms. The Kier molecular flexibility index (Phi) is 5.05. The molecule has 1 amide bonds. The first-order valence-corrected chi connectivity index (χ1v) is 7.53. The summed E-state index contributed by atoms with van der Waals surface area (Å²) in [6, 6.07) is 7.16. The molecule has 0 aliphatic heterocycles. The molecular formula is C17H24N3O3+. The summed E-state index contributed by atoms with van der Waals surface area (Å²) in [5, 5.41) is 3.83. The highest BCUT2D eigenvalue weighted by Crippen LogP contribution is 2.19. The van der Waals surface area contributed by atoms with Crippen LogP contribution in [0.5, 0.6) is 0 Å². The first-order valence-electron chi connectivity index (χ1n) is 7.53. The van der Waals surface area contributed by atoms with Crippen LogP contribution in [0.3, 0.4) is 0 Å². The first kappa shape index (κ1) is 17.0. The summed E-state index contributed by atoms with van der Waals surface area (Å²) in [6.07, 6.45) is 2.26. The van der Waals surface area contributed by atoms with Crippen molar-refractivity contribution in [3.63, 3.8) is 0 Å². The maximum atomic E-state index is 12.1. The second kappa shape index (κ2) is 6.83. The lowest BCUT2D eigenvalue weighted by molar-refractivity contribution is -0.862. The van der Waals surface area contributed by atoms with Gasteiger partial charge in [0.15, 0.2) is 6.54 Å². The zero-order valence-corrected chi connectivity index (χ0v) is 14.1. The zero-order valence-electron chi connectivity index (χ0n) is 14.1. The van der Waals surface area contributed by atoms with Crippen LogP contribution in [0, 0.1) is 0 Å². The number of esters is 1. The van der Waals surface area contributed by atoms with Crippen molar-refractivity contribution in [3.05, 3.63) is 36.0 Å². The number of carbonyl (C=O) groups is 2. The second-order valence-electron chi connectivity index (χ2n) is 6.66. The van der Waals surface area contributed by atoms with E-state index in [1.807, 2.05) is 51.6 Å². The summed E-state index contributed by atoms with van der Waals surface area (Å²) in [5.41, 5.74) is 1.98. The fourth-order valence-corrected chi connectivity index (χ4v) is 2.53. The number of para-hydroxylation sites is 1. The Morgan fingerprint density at radius 1 is 1.26 bits per heavy atom. The van der Waals surface area contributed by atoms with Gasteiger partial charge in [-0.25, -0.2) is 4.79 Å². The minimum absolute atomic E-state index is 0.173. The van der Waals surface area contributed by atoms with E-state index < -0.39 is 12.0 Å². The largest absolute Gasteiger partial charge is 0.467 e. The Morgan fingerprint density at radius 2 is 1.96 bits per heavy atom. The van der Waals surface area contributed by atoms with Gasteiger partial charge in [0.1, 0.15) is 6.04 Å². The number of carbonyl (C=O) groups excluding carboxylic acids is 2. The highest BCUT2D eigenvalue weighted by molar-refractivity contribution is 5.87. The van der Waals surface area contributed by atoms with E-state index in [-0.39, 0.29) is 5.91 Å². The molecule has 0 fully saturated rings. The fraction of sp³-hybridized carbons (Fsp3) is 0.412. The molecule has 1 unspecified atom stereocenters. The molecule has 0 radical (unpaired) electrons. The minimum Gasteiger partial charge on any atom is -0.467 e. The number of methoxy groups -OCH3 is 1. The zero-order chi connectivity index (χ0) is 17.0. The highest BCUT2D eigenvalue weighted by atomic mass is 16.5. The molecule has 0 bridgehead atoms. The number of nitrogens with one attached hydrogen (secondary N) is 2. The summed E-state index contributed by atoms with van der Waals surface area (Å²) in [5.74, 6) is -0.613. The molecule has 6 nitrogen and oxygen atoms in total. The molecule has 0 aliphatic rings. The van der Waals surface area contributed by atoms with E-state index in [1.165, 1.54) is 7.11 Å². The van der Waals surface area contributed by atoms with Crippen LogP contribution >= 0.6 is 0 Å². The van der Waals surface area contributed by atoms with Crippen LogP contribution in [0.15, 0.2) is 30.5 Å². The van der Waals surface area contributed by atoms with Gasteiger partial charge in [-0.15, -0.1) is 0 Å². The summed E-state index contributed by atoms with van der Waals surface area (Å²) in [7, 11) is 7.10. The fourth-order valence-electron chi connectivity index (χ4n) is 2.53. The average molecular weight is 318 g/mol. The maximum Gasteiger partial charge on any atom is 0.328 e. The van der Waals surface area contributed by atoms with Crippen LogP contribution in [0.1, 0.15) is 5.56 Å². The van der Waals surface area contributed by atoms with Gasteiger partial charge in [0, 0.05) is 23.5 Å². The number of aromatic nitrogens is 1. The molecule has 0 spiro atoms. The topological polar surface area (TPSA) is 71.2 Å². The number of hydrogen-bond acceptors (Lipinski definition) is 3. The van der Waals surface area contributed by atoms with E-state index in [2.05, 4.69) is 10.3 Å². The number of likely N-dealkylation sites (N-methyl/N-ethyl adjacent to an activating group) is 1. The summed E-state index contributed by atoms with van der Waals surface area (Å²) < 4.78 is 5.33. The molecular weight excluding hydrogens is 294 g/mol. The van der Waals surface area contributed by atoms with Crippen LogP contribution in [0.2, 0.25) is 0 Å². The average Bonchev–Trinajstić information content (AvgIpc) is 2.87. The van der Waals surface area contributed by atoms with Crippen molar-refractivity contribution >= 4 is 22.8 Å². The monoisotopic (exact) mass is 318 g/mol. The third-order valence-electron chi connectivity index (χ3n) is 3.54. The third-order valence-corrected chi connectivity index (χ3v) is 3.54. The van der Waals surface area contributed by atoms with E-state index in [0.717, 1.165) is 16.5 Å². The van der Waals surface area contributed by atoms with Crippen LogP contribution in [0.4, 0.5) is 0 Å². The van der Waals surface area contributed by atoms with E-state index in [1.54, 1.807) is 0 Å². The summed E-state index contributed by atoms with van der Waals surface area (Å²) in [4.78, 5) is 27.3. The van der Waals surface area contributed by atoms with Crippen LogP contribution in [0.25, 0.3) is 10.9 Å². The molecule has 124 valence electrons. The lowest BCUT2D eigenvalue weighted by Crippen LogP contribution is -2.50. The van der Waals surface area contributed by atoms with Crippen molar-refractivity contribution < 1.29 is 18.8 Å². The summed E-state index contributed by atoms with van der Waals surface area (Å²) >= 11 is 0. The number of rotatable bonds is 6. The number of hydrogen-bond donors (Lipinski definition) is 2. The number of amides is 1. The molecule has 0 saturated carbocycles. The van der Waals surface area contributed by atoms with Crippen LogP contribution in [-0.4, -0.2) is 62.2 Å². The SMILES string of the molecule is COC(=O)C(Cc1c[nH]c2ccccc12)NC(=O)C[N+](C)(C)C. The standard InChI is InChI=1S/C17H23N3O3/c1-20(2,3)11-16(21)19-15(17(22)23-4)9-12-10-18-14-8-6-5-7-13(12)14/h5-8,10,15,18H,9,11H2,1-4H3/p+1. The first-order chi connectivity index (χ1) is 10.8. The number of nitrogens with zero attached hydrogens (tertiary/aromatic N) is 1. The molecule has 2 aromatic rings. The van der Waals surface area contributed by atoms with Gasteiger partial charge in [-0.05, 0) is 11.6 Å². The minimum atomic E-state index is -0.696. The Balaban J connectivity index is 2.16. The summed E-state index contributed by atoms with van der Waals surface area (Å²) in [6.45, 7) is 0.293. The van der Waals surface area contributed by atoms with Crippen molar-refractivity contribution in [3.8, 4) is 0 Å². The second-order valence-corrected chi connectivity index (χ2v) is 6.66. The number of ether oxygens (including phenoxy) is 1. The van der Waals surface area contributed by atoms with Gasteiger partial charge < -0.3 is 19.5 Å². The van der Waals surface area contributed by atoms with Crippen LogP contribution in [-0.2, 0) is 20.7 Å². The molecule has 2 N–H and O–H groups in total. The maximum absolute atomic E-state index is 12.1. The molecule has 1 heterocycles. The highest BCUT2D eigenvalue weighted by Gasteiger charge is 2.25. The van der Waals surface area contributed by atoms with Gasteiger partial charge in [-0.1, -0.05) is 18.2 Å². The number of fused-ring (bicyclic) bond motifs is 1. The Bertz CT molecular complexity index is 700. The predicted molar refractivity (Wildman–Crippen MR) is 88.8 cm³/mol. The van der Waals surface area contributed by atoms with E-state index in [4.69, 9.17) is 4.74 Å². The number of H-pyrrole nitrogens is 1. The quantitative estimate of drug-likeness (QED) is 0.618. The normalized spacial score (nSPS) is 12.9. The van der Waals surface area contributed by atoms with Gasteiger partial charge in [0.25, 0.3) is 5.91 Å².